The summed E-state index contributed by atoms with van der Waals surface area (Å²) in [6, 6.07) is -3.14. The predicted molar refractivity (Wildman–Crippen MR) is 115 cm³/mol. The third-order valence-corrected chi connectivity index (χ3v) is 4.04. The van der Waals surface area contributed by atoms with Crippen molar-refractivity contribution in [2.24, 2.45) is 11.8 Å². The van der Waals surface area contributed by atoms with Gasteiger partial charge in [0, 0.05) is 0 Å². The van der Waals surface area contributed by atoms with Crippen LogP contribution < -0.4 is 16.0 Å². The van der Waals surface area contributed by atoms with Crippen LogP contribution in [-0.4, -0.2) is 65.9 Å². The van der Waals surface area contributed by atoms with Crippen LogP contribution in [0.15, 0.2) is 0 Å². The second-order valence-corrected chi connectivity index (χ2v) is 9.05. The molecule has 0 unspecified atom stereocenters. The minimum Gasteiger partial charge on any atom is -0.464 e. The minimum atomic E-state index is -1.30. The van der Waals surface area contributed by atoms with Crippen LogP contribution in [0.3, 0.4) is 0 Å². The summed E-state index contributed by atoms with van der Waals surface area (Å²) in [6.45, 7) is 13.5. The lowest BCUT2D eigenvalue weighted by Crippen LogP contribution is -2.57. The zero-order chi connectivity index (χ0) is 24.4. The van der Waals surface area contributed by atoms with E-state index in [1.54, 1.807) is 41.5 Å². The number of hydrogen-bond donors (Lipinski definition) is 4. The number of alkyl carbamates (subject to hydrolysis) is 1. The lowest BCUT2D eigenvalue weighted by atomic mass is 10.00. The number of aliphatic hydroxyl groups is 1. The van der Waals surface area contributed by atoms with E-state index < -0.39 is 54.2 Å². The normalized spacial score (nSPS) is 14.4. The highest BCUT2D eigenvalue weighted by atomic mass is 16.6. The van der Waals surface area contributed by atoms with E-state index in [-0.39, 0.29) is 24.9 Å². The van der Waals surface area contributed by atoms with Crippen LogP contribution in [0, 0.1) is 11.8 Å². The predicted octanol–water partition coefficient (Wildman–Crippen LogP) is 1.11. The van der Waals surface area contributed by atoms with Gasteiger partial charge in [0.05, 0.1) is 13.2 Å². The molecule has 0 spiro atoms. The van der Waals surface area contributed by atoms with Gasteiger partial charge in [0.2, 0.25) is 11.8 Å². The van der Waals surface area contributed by atoms with Gasteiger partial charge in [-0.15, -0.1) is 0 Å². The molecule has 0 heterocycles. The molecule has 3 atom stereocenters. The Labute approximate surface area is 184 Å². The van der Waals surface area contributed by atoms with E-state index in [1.807, 2.05) is 13.8 Å². The standard InChI is InChI=1S/C21H39N3O7/c1-9-30-19(28)16(13(4)5)24-17(26)14(10-12(2)3)22-18(27)15(11-25)23-20(29)31-21(6,7)8/h12-16,25H,9-11H2,1-8H3,(H,22,27)(H,23,29)(H,24,26)/t14-,15-,16-/m0/s1. The maximum Gasteiger partial charge on any atom is 0.408 e. The fraction of sp³-hybridized carbons (Fsp3) is 0.810. The fourth-order valence-electron chi connectivity index (χ4n) is 2.60. The van der Waals surface area contributed by atoms with Gasteiger partial charge < -0.3 is 30.5 Å². The number of rotatable bonds is 11. The van der Waals surface area contributed by atoms with Crippen molar-refractivity contribution in [3.63, 3.8) is 0 Å². The Morgan fingerprint density at radius 2 is 1.45 bits per heavy atom. The first-order valence-electron chi connectivity index (χ1n) is 10.6. The lowest BCUT2D eigenvalue weighted by Gasteiger charge is -2.27. The van der Waals surface area contributed by atoms with Gasteiger partial charge in [-0.3, -0.25) is 9.59 Å². The van der Waals surface area contributed by atoms with Gasteiger partial charge in [-0.05, 0) is 46.0 Å². The SMILES string of the molecule is CCOC(=O)[C@@H](NC(=O)[C@H](CC(C)C)NC(=O)[C@H](CO)NC(=O)OC(C)(C)C)C(C)C. The molecule has 0 saturated carbocycles. The molecular weight excluding hydrogens is 406 g/mol. The van der Waals surface area contributed by atoms with Crippen LogP contribution in [0.2, 0.25) is 0 Å². The minimum absolute atomic E-state index is 0.0440. The maximum atomic E-state index is 12.9. The van der Waals surface area contributed by atoms with Crippen LogP contribution in [0.1, 0.15) is 61.8 Å². The van der Waals surface area contributed by atoms with Crippen molar-refractivity contribution in [1.82, 2.24) is 16.0 Å². The van der Waals surface area contributed by atoms with Crippen LogP contribution >= 0.6 is 0 Å². The molecular formula is C21H39N3O7. The first-order chi connectivity index (χ1) is 14.2. The Morgan fingerprint density at radius 3 is 1.87 bits per heavy atom. The Bertz CT molecular complexity index is 615. The molecule has 4 N–H and O–H groups in total. The zero-order valence-electron chi connectivity index (χ0n) is 19.9. The summed E-state index contributed by atoms with van der Waals surface area (Å²) in [6.07, 6.45) is -0.579. The van der Waals surface area contributed by atoms with Crippen LogP contribution in [-0.2, 0) is 23.9 Å². The lowest BCUT2D eigenvalue weighted by molar-refractivity contribution is -0.149. The molecule has 0 bridgehead atoms. The molecule has 31 heavy (non-hydrogen) atoms. The number of carbonyl (C=O) groups is 4. The summed E-state index contributed by atoms with van der Waals surface area (Å²) in [4.78, 5) is 49.6. The molecule has 3 amide bonds. The Morgan fingerprint density at radius 1 is 0.903 bits per heavy atom. The van der Waals surface area contributed by atoms with Crippen molar-refractivity contribution < 1.29 is 33.8 Å². The van der Waals surface area contributed by atoms with E-state index in [4.69, 9.17) is 9.47 Å². The second kappa shape index (κ2) is 13.1. The first-order valence-corrected chi connectivity index (χ1v) is 10.6. The van der Waals surface area contributed by atoms with Gasteiger partial charge >= 0.3 is 12.1 Å². The summed E-state index contributed by atoms with van der Waals surface area (Å²) >= 11 is 0. The fourth-order valence-corrected chi connectivity index (χ4v) is 2.60. The van der Waals surface area contributed by atoms with Crippen molar-refractivity contribution in [1.29, 1.82) is 0 Å². The monoisotopic (exact) mass is 445 g/mol. The van der Waals surface area contributed by atoms with E-state index in [0.717, 1.165) is 0 Å². The van der Waals surface area contributed by atoms with E-state index in [1.165, 1.54) is 0 Å². The number of carbonyl (C=O) groups excluding carboxylic acids is 4. The first kappa shape index (κ1) is 28.6. The maximum absolute atomic E-state index is 12.9. The van der Waals surface area contributed by atoms with Crippen molar-refractivity contribution >= 4 is 23.9 Å². The number of esters is 1. The molecule has 0 aliphatic heterocycles. The summed E-state index contributed by atoms with van der Waals surface area (Å²) in [5.74, 6) is -2.03. The molecule has 10 heteroatoms. The topological polar surface area (TPSA) is 143 Å². The van der Waals surface area contributed by atoms with Gasteiger partial charge in [-0.2, -0.15) is 0 Å². The number of ether oxygens (including phenoxy) is 2. The third kappa shape index (κ3) is 11.6. The van der Waals surface area contributed by atoms with Crippen LogP contribution in [0.25, 0.3) is 0 Å². The van der Waals surface area contributed by atoms with Crippen LogP contribution in [0.4, 0.5) is 4.79 Å². The molecule has 0 aliphatic rings. The molecule has 10 nitrogen and oxygen atoms in total. The molecule has 0 aromatic carbocycles. The van der Waals surface area contributed by atoms with Crippen molar-refractivity contribution in [3.05, 3.63) is 0 Å². The summed E-state index contributed by atoms with van der Waals surface area (Å²) in [7, 11) is 0. The van der Waals surface area contributed by atoms with Gasteiger partial charge in [-0.25, -0.2) is 9.59 Å². The van der Waals surface area contributed by atoms with Gasteiger partial charge in [0.25, 0.3) is 0 Å². The number of hydrogen-bond acceptors (Lipinski definition) is 7. The van der Waals surface area contributed by atoms with E-state index >= 15 is 0 Å². The molecule has 0 saturated heterocycles. The molecule has 0 aliphatic carbocycles. The van der Waals surface area contributed by atoms with Crippen molar-refractivity contribution in [2.75, 3.05) is 13.2 Å². The quantitative estimate of drug-likeness (QED) is 0.349. The molecule has 180 valence electrons. The highest BCUT2D eigenvalue weighted by molar-refractivity contribution is 5.93. The largest absolute Gasteiger partial charge is 0.464 e. The number of nitrogens with one attached hydrogen (secondary N) is 3. The van der Waals surface area contributed by atoms with Crippen molar-refractivity contribution in [2.45, 2.75) is 85.5 Å². The Kier molecular flexibility index (Phi) is 12.1. The molecule has 0 aromatic rings. The van der Waals surface area contributed by atoms with E-state index in [9.17, 15) is 24.3 Å². The summed E-state index contributed by atoms with van der Waals surface area (Å²) in [5.41, 5.74) is -0.778. The molecule has 0 aromatic heterocycles. The molecule has 0 rings (SSSR count). The van der Waals surface area contributed by atoms with Crippen molar-refractivity contribution in [3.8, 4) is 0 Å². The summed E-state index contributed by atoms with van der Waals surface area (Å²) < 4.78 is 10.1. The smallest absolute Gasteiger partial charge is 0.408 e. The Balaban J connectivity index is 5.32. The van der Waals surface area contributed by atoms with Gasteiger partial charge in [0.15, 0.2) is 0 Å². The number of aliphatic hydroxyl groups excluding tert-OH is 1. The highest BCUT2D eigenvalue weighted by Crippen LogP contribution is 2.10. The zero-order valence-corrected chi connectivity index (χ0v) is 19.9. The average Bonchev–Trinajstić information content (AvgIpc) is 2.61. The number of amides is 3. The third-order valence-electron chi connectivity index (χ3n) is 4.04. The highest BCUT2D eigenvalue weighted by Gasteiger charge is 2.32. The Hall–Kier alpha value is -2.36. The van der Waals surface area contributed by atoms with Gasteiger partial charge in [-0.1, -0.05) is 27.7 Å². The molecule has 0 fully saturated rings. The summed E-state index contributed by atoms with van der Waals surface area (Å²) in [5, 5.41) is 17.0. The van der Waals surface area contributed by atoms with Gasteiger partial charge in [0.1, 0.15) is 23.7 Å². The average molecular weight is 446 g/mol. The van der Waals surface area contributed by atoms with E-state index in [0.29, 0.717) is 0 Å². The second-order valence-electron chi connectivity index (χ2n) is 9.05. The van der Waals surface area contributed by atoms with E-state index in [2.05, 4.69) is 16.0 Å². The van der Waals surface area contributed by atoms with Crippen LogP contribution in [0.5, 0.6) is 0 Å². The molecule has 0 radical (unpaired) electrons.